The average molecular weight is 166 g/mol. The third-order valence-corrected chi connectivity index (χ3v) is 4.07. The first-order chi connectivity index (χ1) is 5.73. The fourth-order valence-corrected chi connectivity index (χ4v) is 3.51. The molecule has 4 rings (SSSR count). The molecule has 1 aliphatic heterocycles. The molecule has 0 unspecified atom stereocenters. The Hall–Kier alpha value is -0.0800. The van der Waals surface area contributed by atoms with Crippen LogP contribution in [-0.2, 0) is 0 Å². The lowest BCUT2D eigenvalue weighted by Crippen LogP contribution is -2.82. The lowest BCUT2D eigenvalue weighted by atomic mass is 9.44. The van der Waals surface area contributed by atoms with E-state index in [0.717, 1.165) is 0 Å². The van der Waals surface area contributed by atoms with E-state index in [-0.39, 0.29) is 5.54 Å². The topological polar surface area (TPSA) is 29.3 Å². The fourth-order valence-electron chi connectivity index (χ4n) is 3.51. The normalized spacial score (nSPS) is 52.8. The highest BCUT2D eigenvalue weighted by molar-refractivity contribution is 5.27. The third kappa shape index (κ3) is 0.775. The first-order valence-corrected chi connectivity index (χ1v) is 5.27. The second-order valence-electron chi connectivity index (χ2n) is 5.16. The van der Waals surface area contributed by atoms with Crippen LogP contribution in [0.2, 0.25) is 0 Å². The SMILES string of the molecule is NC12CC(N3CCCCC3)(C1)C2. The number of piperidine rings is 1. The zero-order valence-electron chi connectivity index (χ0n) is 7.68. The van der Waals surface area contributed by atoms with Gasteiger partial charge in [-0.2, -0.15) is 0 Å². The molecular weight excluding hydrogens is 148 g/mol. The fraction of sp³-hybridized carbons (Fsp3) is 1.00. The van der Waals surface area contributed by atoms with E-state index in [0.29, 0.717) is 5.54 Å². The summed E-state index contributed by atoms with van der Waals surface area (Å²) in [6, 6.07) is 0. The summed E-state index contributed by atoms with van der Waals surface area (Å²) >= 11 is 0. The molecule has 2 nitrogen and oxygen atoms in total. The van der Waals surface area contributed by atoms with E-state index >= 15 is 0 Å². The van der Waals surface area contributed by atoms with Crippen molar-refractivity contribution in [1.29, 1.82) is 0 Å². The predicted octanol–water partition coefficient (Wildman–Crippen LogP) is 1.11. The summed E-state index contributed by atoms with van der Waals surface area (Å²) in [4.78, 5) is 2.71. The maximum atomic E-state index is 6.05. The van der Waals surface area contributed by atoms with Gasteiger partial charge in [-0.3, -0.25) is 4.90 Å². The van der Waals surface area contributed by atoms with Gasteiger partial charge in [0.1, 0.15) is 0 Å². The van der Waals surface area contributed by atoms with E-state index in [4.69, 9.17) is 5.73 Å². The maximum Gasteiger partial charge on any atom is 0.0262 e. The lowest BCUT2D eigenvalue weighted by molar-refractivity contribution is -0.166. The standard InChI is InChI=1S/C10H18N2/c11-9-6-10(7-9,8-9)12-4-2-1-3-5-12/h1-8,11H2. The Morgan fingerprint density at radius 3 is 2.00 bits per heavy atom. The van der Waals surface area contributed by atoms with Crippen LogP contribution >= 0.6 is 0 Å². The Kier molecular flexibility index (Phi) is 1.25. The van der Waals surface area contributed by atoms with Gasteiger partial charge in [-0.05, 0) is 45.2 Å². The van der Waals surface area contributed by atoms with E-state index in [2.05, 4.69) is 4.90 Å². The monoisotopic (exact) mass is 166 g/mol. The minimum absolute atomic E-state index is 0.289. The van der Waals surface area contributed by atoms with E-state index in [1.54, 1.807) is 0 Å². The zero-order valence-corrected chi connectivity index (χ0v) is 7.68. The molecule has 0 radical (unpaired) electrons. The van der Waals surface area contributed by atoms with Crippen LogP contribution in [0, 0.1) is 0 Å². The van der Waals surface area contributed by atoms with Crippen LogP contribution in [0.5, 0.6) is 0 Å². The summed E-state index contributed by atoms with van der Waals surface area (Å²) < 4.78 is 0. The molecule has 12 heavy (non-hydrogen) atoms. The molecule has 2 bridgehead atoms. The molecule has 1 saturated heterocycles. The summed E-state index contributed by atoms with van der Waals surface area (Å²) in [5.74, 6) is 0. The molecule has 68 valence electrons. The number of rotatable bonds is 1. The van der Waals surface area contributed by atoms with E-state index in [1.165, 1.54) is 51.6 Å². The molecule has 4 fully saturated rings. The number of likely N-dealkylation sites (tertiary alicyclic amines) is 1. The van der Waals surface area contributed by atoms with Crippen LogP contribution in [0.25, 0.3) is 0 Å². The van der Waals surface area contributed by atoms with Crippen molar-refractivity contribution >= 4 is 0 Å². The summed E-state index contributed by atoms with van der Waals surface area (Å²) in [6.45, 7) is 2.69. The largest absolute Gasteiger partial charge is 0.325 e. The maximum absolute atomic E-state index is 6.05. The molecule has 0 spiro atoms. The Morgan fingerprint density at radius 1 is 0.917 bits per heavy atom. The van der Waals surface area contributed by atoms with Gasteiger partial charge in [0.25, 0.3) is 0 Å². The van der Waals surface area contributed by atoms with Gasteiger partial charge in [0.15, 0.2) is 0 Å². The van der Waals surface area contributed by atoms with Crippen molar-refractivity contribution in [3.8, 4) is 0 Å². The number of hydrogen-bond acceptors (Lipinski definition) is 2. The minimum Gasteiger partial charge on any atom is -0.325 e. The summed E-state index contributed by atoms with van der Waals surface area (Å²) in [5, 5.41) is 0. The van der Waals surface area contributed by atoms with Gasteiger partial charge in [-0.1, -0.05) is 6.42 Å². The van der Waals surface area contributed by atoms with Gasteiger partial charge in [0, 0.05) is 11.1 Å². The molecule has 3 aliphatic carbocycles. The Morgan fingerprint density at radius 2 is 1.50 bits per heavy atom. The van der Waals surface area contributed by atoms with Gasteiger partial charge >= 0.3 is 0 Å². The lowest BCUT2D eigenvalue weighted by Gasteiger charge is -2.73. The van der Waals surface area contributed by atoms with Crippen LogP contribution in [0.4, 0.5) is 0 Å². The predicted molar refractivity (Wildman–Crippen MR) is 48.9 cm³/mol. The molecule has 0 aromatic carbocycles. The third-order valence-electron chi connectivity index (χ3n) is 4.07. The first-order valence-electron chi connectivity index (χ1n) is 5.27. The van der Waals surface area contributed by atoms with Gasteiger partial charge in [0.05, 0.1) is 0 Å². The Bertz CT molecular complexity index is 186. The van der Waals surface area contributed by atoms with Crippen molar-refractivity contribution in [1.82, 2.24) is 4.90 Å². The second kappa shape index (κ2) is 2.05. The number of nitrogens with zero attached hydrogens (tertiary/aromatic N) is 1. The molecule has 2 heteroatoms. The average Bonchev–Trinajstić information content (AvgIpc) is 1.99. The summed E-state index contributed by atoms with van der Waals surface area (Å²) in [6.07, 6.45) is 8.15. The van der Waals surface area contributed by atoms with Crippen LogP contribution in [-0.4, -0.2) is 29.1 Å². The van der Waals surface area contributed by atoms with Crippen molar-refractivity contribution in [3.63, 3.8) is 0 Å². The minimum atomic E-state index is 0.289. The molecule has 3 saturated carbocycles. The Labute approximate surface area is 74.1 Å². The van der Waals surface area contributed by atoms with Crippen molar-refractivity contribution in [3.05, 3.63) is 0 Å². The number of nitrogens with two attached hydrogens (primary N) is 1. The van der Waals surface area contributed by atoms with Gasteiger partial charge in [-0.25, -0.2) is 0 Å². The zero-order chi connectivity index (χ0) is 8.23. The van der Waals surface area contributed by atoms with E-state index in [1.807, 2.05) is 0 Å². The number of hydrogen-bond donors (Lipinski definition) is 1. The molecule has 0 atom stereocenters. The first kappa shape index (κ1) is 7.34. The molecule has 4 aliphatic rings. The van der Waals surface area contributed by atoms with Crippen molar-refractivity contribution in [2.24, 2.45) is 5.73 Å². The highest BCUT2D eigenvalue weighted by Gasteiger charge is 2.68. The molecule has 1 heterocycles. The van der Waals surface area contributed by atoms with Crippen LogP contribution in [0.15, 0.2) is 0 Å². The molecule has 0 aromatic rings. The van der Waals surface area contributed by atoms with Crippen molar-refractivity contribution in [2.75, 3.05) is 13.1 Å². The van der Waals surface area contributed by atoms with Crippen LogP contribution in [0.3, 0.4) is 0 Å². The smallest absolute Gasteiger partial charge is 0.0262 e. The van der Waals surface area contributed by atoms with Crippen LogP contribution < -0.4 is 5.73 Å². The quantitative estimate of drug-likeness (QED) is 0.632. The molecular formula is C10H18N2. The van der Waals surface area contributed by atoms with Crippen molar-refractivity contribution in [2.45, 2.75) is 49.6 Å². The van der Waals surface area contributed by atoms with Crippen LogP contribution in [0.1, 0.15) is 38.5 Å². The van der Waals surface area contributed by atoms with E-state index in [9.17, 15) is 0 Å². The highest BCUT2D eigenvalue weighted by atomic mass is 15.3. The van der Waals surface area contributed by atoms with Gasteiger partial charge in [0.2, 0.25) is 0 Å². The summed E-state index contributed by atoms with van der Waals surface area (Å²) in [7, 11) is 0. The van der Waals surface area contributed by atoms with E-state index < -0.39 is 0 Å². The molecule has 0 amide bonds. The molecule has 0 aromatic heterocycles. The highest BCUT2D eigenvalue weighted by Crippen LogP contribution is 2.62. The van der Waals surface area contributed by atoms with Gasteiger partial charge in [-0.15, -0.1) is 0 Å². The summed E-state index contributed by atoms with van der Waals surface area (Å²) in [5.41, 5.74) is 6.95. The molecule has 2 N–H and O–H groups in total. The van der Waals surface area contributed by atoms with Gasteiger partial charge < -0.3 is 5.73 Å². The second-order valence-corrected chi connectivity index (χ2v) is 5.16. The Balaban J connectivity index is 1.67. The van der Waals surface area contributed by atoms with Crippen molar-refractivity contribution < 1.29 is 0 Å².